The molecule has 0 aliphatic heterocycles. The highest BCUT2D eigenvalue weighted by molar-refractivity contribution is 5.87. The number of imidazole rings is 1. The molecule has 1 N–H and O–H groups in total. The molecule has 2 heterocycles. The highest BCUT2D eigenvalue weighted by Gasteiger charge is 2.04. The molecule has 0 radical (unpaired) electrons. The Bertz CT molecular complexity index is 496. The molecule has 0 saturated heterocycles. The fourth-order valence-corrected chi connectivity index (χ4v) is 1.30. The van der Waals surface area contributed by atoms with Crippen LogP contribution in [0.2, 0.25) is 0 Å². The molecule has 6 heteroatoms. The number of rotatable bonds is 5. The summed E-state index contributed by atoms with van der Waals surface area (Å²) in [7, 11) is 0. The average Bonchev–Trinajstić information content (AvgIpc) is 2.82. The molecule has 2 aromatic rings. The van der Waals surface area contributed by atoms with Crippen molar-refractivity contribution in [3.8, 4) is 5.75 Å². The molecule has 6 nitrogen and oxygen atoms in total. The van der Waals surface area contributed by atoms with Crippen molar-refractivity contribution in [3.63, 3.8) is 0 Å². The van der Waals surface area contributed by atoms with E-state index >= 15 is 0 Å². The van der Waals surface area contributed by atoms with E-state index in [-0.39, 0.29) is 5.56 Å². The van der Waals surface area contributed by atoms with Crippen molar-refractivity contribution in [2.45, 2.75) is 6.54 Å². The van der Waals surface area contributed by atoms with Gasteiger partial charge in [0.25, 0.3) is 0 Å². The van der Waals surface area contributed by atoms with Crippen LogP contribution in [0.1, 0.15) is 10.4 Å². The molecule has 0 unspecified atom stereocenters. The van der Waals surface area contributed by atoms with Crippen LogP contribution in [-0.4, -0.2) is 32.2 Å². The molecule has 0 aliphatic carbocycles. The van der Waals surface area contributed by atoms with Gasteiger partial charge in [-0.05, 0) is 6.07 Å². The van der Waals surface area contributed by atoms with Crippen molar-refractivity contribution in [1.82, 2.24) is 14.5 Å². The van der Waals surface area contributed by atoms with Gasteiger partial charge in [0, 0.05) is 18.6 Å². The number of carboxylic acid groups (broad SMARTS) is 1. The normalized spacial score (nSPS) is 10.1. The number of hydrogen-bond donors (Lipinski definition) is 1. The number of aromatic nitrogens is 3. The minimum absolute atomic E-state index is 0.116. The third-order valence-electron chi connectivity index (χ3n) is 2.14. The maximum atomic E-state index is 10.7. The molecule has 0 spiro atoms. The maximum absolute atomic E-state index is 10.7. The van der Waals surface area contributed by atoms with Gasteiger partial charge in [0.15, 0.2) is 0 Å². The predicted octanol–water partition coefficient (Wildman–Crippen LogP) is 1.06. The molecule has 0 bridgehead atoms. The lowest BCUT2D eigenvalue weighted by molar-refractivity contribution is 0.0696. The fourth-order valence-electron chi connectivity index (χ4n) is 1.30. The molecule has 0 aliphatic rings. The van der Waals surface area contributed by atoms with Gasteiger partial charge >= 0.3 is 5.97 Å². The molecule has 0 aromatic carbocycles. The Morgan fingerprint density at radius 3 is 3.00 bits per heavy atom. The Labute approximate surface area is 97.5 Å². The topological polar surface area (TPSA) is 77.2 Å². The monoisotopic (exact) mass is 233 g/mol. The molecule has 0 saturated carbocycles. The van der Waals surface area contributed by atoms with E-state index in [1.165, 1.54) is 18.5 Å². The van der Waals surface area contributed by atoms with Crippen LogP contribution in [0.3, 0.4) is 0 Å². The van der Waals surface area contributed by atoms with Gasteiger partial charge in [0.2, 0.25) is 0 Å². The van der Waals surface area contributed by atoms with Crippen LogP contribution in [0.25, 0.3) is 0 Å². The second-order valence-corrected chi connectivity index (χ2v) is 3.36. The lowest BCUT2D eigenvalue weighted by Crippen LogP contribution is -2.07. The summed E-state index contributed by atoms with van der Waals surface area (Å²) in [6.45, 7) is 1.08. The Morgan fingerprint density at radius 1 is 1.41 bits per heavy atom. The second-order valence-electron chi connectivity index (χ2n) is 3.36. The van der Waals surface area contributed by atoms with Gasteiger partial charge in [-0.2, -0.15) is 0 Å². The van der Waals surface area contributed by atoms with E-state index in [0.717, 1.165) is 0 Å². The summed E-state index contributed by atoms with van der Waals surface area (Å²) in [6, 6.07) is 1.45. The molecule has 0 amide bonds. The number of pyridine rings is 1. The van der Waals surface area contributed by atoms with Crippen molar-refractivity contribution < 1.29 is 14.6 Å². The zero-order valence-corrected chi connectivity index (χ0v) is 8.98. The molecule has 17 heavy (non-hydrogen) atoms. The number of carboxylic acids is 1. The number of aromatic carboxylic acids is 1. The van der Waals surface area contributed by atoms with E-state index < -0.39 is 5.97 Å². The molecule has 0 fully saturated rings. The van der Waals surface area contributed by atoms with E-state index in [2.05, 4.69) is 9.97 Å². The van der Waals surface area contributed by atoms with Crippen LogP contribution in [0.15, 0.2) is 37.2 Å². The highest BCUT2D eigenvalue weighted by atomic mass is 16.5. The number of ether oxygens (including phenoxy) is 1. The third kappa shape index (κ3) is 3.04. The van der Waals surface area contributed by atoms with Crippen LogP contribution in [0, 0.1) is 0 Å². The Balaban J connectivity index is 1.90. The zero-order chi connectivity index (χ0) is 12.1. The van der Waals surface area contributed by atoms with Gasteiger partial charge in [-0.15, -0.1) is 0 Å². The van der Waals surface area contributed by atoms with E-state index in [1.807, 2.05) is 10.8 Å². The second kappa shape index (κ2) is 5.11. The van der Waals surface area contributed by atoms with E-state index in [4.69, 9.17) is 9.84 Å². The first-order valence-corrected chi connectivity index (χ1v) is 5.02. The van der Waals surface area contributed by atoms with Gasteiger partial charge < -0.3 is 14.4 Å². The van der Waals surface area contributed by atoms with Gasteiger partial charge in [-0.25, -0.2) is 9.78 Å². The molecule has 0 atom stereocenters. The summed E-state index contributed by atoms with van der Waals surface area (Å²) < 4.78 is 7.27. The number of carbonyl (C=O) groups is 1. The Morgan fingerprint density at radius 2 is 2.29 bits per heavy atom. The number of hydrogen-bond acceptors (Lipinski definition) is 4. The van der Waals surface area contributed by atoms with Crippen molar-refractivity contribution in [1.29, 1.82) is 0 Å². The lowest BCUT2D eigenvalue weighted by atomic mass is 10.3. The van der Waals surface area contributed by atoms with Crippen LogP contribution >= 0.6 is 0 Å². The summed E-state index contributed by atoms with van der Waals surface area (Å²) in [6.07, 6.45) is 7.97. The predicted molar refractivity (Wildman–Crippen MR) is 58.9 cm³/mol. The Kier molecular flexibility index (Phi) is 3.34. The smallest absolute Gasteiger partial charge is 0.337 e. The molecule has 2 aromatic heterocycles. The SMILES string of the molecule is O=C(O)c1cncc(OCCn2ccnc2)c1. The van der Waals surface area contributed by atoms with Gasteiger partial charge in [0.05, 0.1) is 24.6 Å². The molecule has 88 valence electrons. The zero-order valence-electron chi connectivity index (χ0n) is 8.98. The van der Waals surface area contributed by atoms with Crippen molar-refractivity contribution in [3.05, 3.63) is 42.7 Å². The molecular formula is C11H11N3O3. The summed E-state index contributed by atoms with van der Waals surface area (Å²) in [4.78, 5) is 18.4. The standard InChI is InChI=1S/C11H11N3O3/c15-11(16)9-5-10(7-13-6-9)17-4-3-14-2-1-12-8-14/h1-2,5-8H,3-4H2,(H,15,16). The van der Waals surface area contributed by atoms with E-state index in [1.54, 1.807) is 12.5 Å². The first-order chi connectivity index (χ1) is 8.25. The van der Waals surface area contributed by atoms with E-state index in [0.29, 0.717) is 18.9 Å². The number of nitrogens with zero attached hydrogens (tertiary/aromatic N) is 3. The van der Waals surface area contributed by atoms with Crippen molar-refractivity contribution in [2.24, 2.45) is 0 Å². The van der Waals surface area contributed by atoms with E-state index in [9.17, 15) is 4.79 Å². The quantitative estimate of drug-likeness (QED) is 0.835. The third-order valence-corrected chi connectivity index (χ3v) is 2.14. The first-order valence-electron chi connectivity index (χ1n) is 5.02. The van der Waals surface area contributed by atoms with Gasteiger partial charge in [0.1, 0.15) is 12.4 Å². The first kappa shape index (κ1) is 11.1. The largest absolute Gasteiger partial charge is 0.490 e. The van der Waals surface area contributed by atoms with Gasteiger partial charge in [-0.3, -0.25) is 4.98 Å². The summed E-state index contributed by atoms with van der Waals surface area (Å²) in [5.74, 6) is -0.567. The summed E-state index contributed by atoms with van der Waals surface area (Å²) >= 11 is 0. The fraction of sp³-hybridized carbons (Fsp3) is 0.182. The minimum atomic E-state index is -1.02. The van der Waals surface area contributed by atoms with Crippen molar-refractivity contribution in [2.75, 3.05) is 6.61 Å². The summed E-state index contributed by atoms with van der Waals surface area (Å²) in [5.41, 5.74) is 0.116. The molecule has 2 rings (SSSR count). The summed E-state index contributed by atoms with van der Waals surface area (Å²) in [5, 5.41) is 8.78. The lowest BCUT2D eigenvalue weighted by Gasteiger charge is -2.06. The van der Waals surface area contributed by atoms with Crippen LogP contribution in [0.4, 0.5) is 0 Å². The molecular weight excluding hydrogens is 222 g/mol. The highest BCUT2D eigenvalue weighted by Crippen LogP contribution is 2.11. The maximum Gasteiger partial charge on any atom is 0.337 e. The van der Waals surface area contributed by atoms with Crippen LogP contribution in [0.5, 0.6) is 5.75 Å². The van der Waals surface area contributed by atoms with Crippen LogP contribution in [-0.2, 0) is 6.54 Å². The Hall–Kier alpha value is -2.37. The minimum Gasteiger partial charge on any atom is -0.490 e. The average molecular weight is 233 g/mol. The van der Waals surface area contributed by atoms with Crippen molar-refractivity contribution >= 4 is 5.97 Å². The van der Waals surface area contributed by atoms with Crippen LogP contribution < -0.4 is 4.74 Å². The van der Waals surface area contributed by atoms with Gasteiger partial charge in [-0.1, -0.05) is 0 Å².